The molecular weight excluding hydrogens is 480 g/mol. The molecule has 3 aromatic rings. The third-order valence-electron chi connectivity index (χ3n) is 7.63. The second-order valence-electron chi connectivity index (χ2n) is 11.8. The van der Waals surface area contributed by atoms with Gasteiger partial charge in [-0.3, -0.25) is 4.79 Å². The molecule has 0 bridgehead atoms. The minimum atomic E-state index is -0.886. The van der Waals surface area contributed by atoms with Gasteiger partial charge in [0.1, 0.15) is 41.3 Å². The largest absolute Gasteiger partial charge is 0.491 e. The van der Waals surface area contributed by atoms with Crippen LogP contribution in [0.2, 0.25) is 0 Å². The summed E-state index contributed by atoms with van der Waals surface area (Å²) in [7, 11) is 0. The molecule has 200 valence electrons. The molecule has 0 unspecified atom stereocenters. The molecule has 0 spiro atoms. The maximum atomic E-state index is 12.3. The SMILES string of the molecule is CC(C)(C)c1ccc(OC[C@@H]2O[C@@H]3c4cc(Oc5ccccc5)ccc4OC(C)(C)[C@H]3C[C@H]2C(=O)O)cc1. The fraction of sp³-hybridized carbons (Fsp3) is 0.406. The highest BCUT2D eigenvalue weighted by molar-refractivity contribution is 5.71. The predicted molar refractivity (Wildman–Crippen MR) is 145 cm³/mol. The Kier molecular flexibility index (Phi) is 6.86. The zero-order valence-corrected chi connectivity index (χ0v) is 22.6. The van der Waals surface area contributed by atoms with E-state index in [0.29, 0.717) is 17.9 Å². The molecule has 0 aliphatic carbocycles. The molecule has 0 saturated carbocycles. The standard InChI is InChI=1S/C32H36O6/c1-31(2,3)20-11-13-21(14-12-20)35-19-28-25(30(33)34)18-26-29(37-28)24-17-23(36-22-9-7-6-8-10-22)15-16-27(24)38-32(26,4)5/h6-17,25-26,28-29H,18-19H2,1-5H3,(H,33,34)/t25-,26+,28+,29-/m1/s1. The van der Waals surface area contributed by atoms with E-state index in [2.05, 4.69) is 20.8 Å². The number of carboxylic acids is 1. The average molecular weight is 517 g/mol. The predicted octanol–water partition coefficient (Wildman–Crippen LogP) is 7.17. The Morgan fingerprint density at radius 2 is 1.66 bits per heavy atom. The molecule has 5 rings (SSSR count). The lowest BCUT2D eigenvalue weighted by Crippen LogP contribution is -2.53. The summed E-state index contributed by atoms with van der Waals surface area (Å²) in [5, 5.41) is 10.1. The number of benzene rings is 3. The smallest absolute Gasteiger partial charge is 0.309 e. The molecule has 1 saturated heterocycles. The molecule has 2 aliphatic heterocycles. The summed E-state index contributed by atoms with van der Waals surface area (Å²) in [5.41, 5.74) is 1.52. The van der Waals surface area contributed by atoms with Crippen LogP contribution < -0.4 is 14.2 Å². The van der Waals surface area contributed by atoms with Crippen molar-refractivity contribution in [3.63, 3.8) is 0 Å². The van der Waals surface area contributed by atoms with E-state index in [0.717, 1.165) is 17.1 Å². The van der Waals surface area contributed by atoms with Crippen LogP contribution in [0.5, 0.6) is 23.0 Å². The Morgan fingerprint density at radius 3 is 2.32 bits per heavy atom. The van der Waals surface area contributed by atoms with Crippen molar-refractivity contribution in [2.45, 2.75) is 64.3 Å². The van der Waals surface area contributed by atoms with Crippen LogP contribution in [-0.2, 0) is 14.9 Å². The van der Waals surface area contributed by atoms with E-state index < -0.39 is 23.6 Å². The quantitative estimate of drug-likeness (QED) is 0.374. The van der Waals surface area contributed by atoms with Crippen molar-refractivity contribution in [3.05, 3.63) is 83.9 Å². The van der Waals surface area contributed by atoms with Crippen LogP contribution in [0.3, 0.4) is 0 Å². The van der Waals surface area contributed by atoms with Crippen molar-refractivity contribution in [1.29, 1.82) is 0 Å². The first-order valence-electron chi connectivity index (χ1n) is 13.2. The van der Waals surface area contributed by atoms with Crippen molar-refractivity contribution < 1.29 is 28.8 Å². The molecule has 6 nitrogen and oxygen atoms in total. The van der Waals surface area contributed by atoms with Crippen molar-refractivity contribution in [1.82, 2.24) is 0 Å². The number of hydrogen-bond donors (Lipinski definition) is 1. The molecule has 6 heteroatoms. The first-order valence-corrected chi connectivity index (χ1v) is 13.2. The Balaban J connectivity index is 1.39. The minimum Gasteiger partial charge on any atom is -0.491 e. The van der Waals surface area contributed by atoms with Crippen LogP contribution in [0.25, 0.3) is 0 Å². The zero-order chi connectivity index (χ0) is 27.1. The highest BCUT2D eigenvalue weighted by Gasteiger charge is 2.52. The lowest BCUT2D eigenvalue weighted by molar-refractivity contribution is -0.192. The number of carbonyl (C=O) groups is 1. The molecular formula is C32H36O6. The number of aliphatic carboxylic acids is 1. The summed E-state index contributed by atoms with van der Waals surface area (Å²) in [6.07, 6.45) is -0.537. The van der Waals surface area contributed by atoms with Crippen molar-refractivity contribution in [3.8, 4) is 23.0 Å². The molecule has 1 fully saturated rings. The second kappa shape index (κ2) is 9.99. The van der Waals surface area contributed by atoms with Crippen LogP contribution in [-0.4, -0.2) is 29.4 Å². The molecule has 0 radical (unpaired) electrons. The van der Waals surface area contributed by atoms with E-state index in [9.17, 15) is 9.90 Å². The van der Waals surface area contributed by atoms with Gasteiger partial charge in [0.15, 0.2) is 0 Å². The van der Waals surface area contributed by atoms with Gasteiger partial charge < -0.3 is 24.1 Å². The molecule has 2 aliphatic rings. The third-order valence-corrected chi connectivity index (χ3v) is 7.63. The summed E-state index contributed by atoms with van der Waals surface area (Å²) in [5.74, 6) is 1.08. The number of para-hydroxylation sites is 1. The van der Waals surface area contributed by atoms with Gasteiger partial charge >= 0.3 is 5.97 Å². The highest BCUT2D eigenvalue weighted by atomic mass is 16.6. The fourth-order valence-electron chi connectivity index (χ4n) is 5.40. The van der Waals surface area contributed by atoms with Gasteiger partial charge in [-0.25, -0.2) is 0 Å². The molecule has 3 aromatic carbocycles. The summed E-state index contributed by atoms with van der Waals surface area (Å²) in [4.78, 5) is 12.3. The minimum absolute atomic E-state index is 0.0424. The first-order chi connectivity index (χ1) is 18.0. The van der Waals surface area contributed by atoms with Crippen LogP contribution in [0.15, 0.2) is 72.8 Å². The molecule has 38 heavy (non-hydrogen) atoms. The topological polar surface area (TPSA) is 74.2 Å². The molecule has 4 atom stereocenters. The Bertz CT molecular complexity index is 1280. The Morgan fingerprint density at radius 1 is 0.974 bits per heavy atom. The van der Waals surface area contributed by atoms with E-state index in [1.54, 1.807) is 0 Å². The molecule has 1 N–H and O–H groups in total. The summed E-state index contributed by atoms with van der Waals surface area (Å²) >= 11 is 0. The lowest BCUT2D eigenvalue weighted by atomic mass is 9.72. The molecule has 0 aromatic heterocycles. The van der Waals surface area contributed by atoms with Gasteiger partial charge in [-0.2, -0.15) is 0 Å². The second-order valence-corrected chi connectivity index (χ2v) is 11.8. The number of hydrogen-bond acceptors (Lipinski definition) is 5. The number of carboxylic acid groups (broad SMARTS) is 1. The summed E-state index contributed by atoms with van der Waals surface area (Å²) in [6, 6.07) is 23.3. The highest BCUT2D eigenvalue weighted by Crippen LogP contribution is 2.52. The maximum absolute atomic E-state index is 12.3. The van der Waals surface area contributed by atoms with Gasteiger partial charge in [-0.05, 0) is 73.7 Å². The molecule has 2 heterocycles. The van der Waals surface area contributed by atoms with Gasteiger partial charge in [0.05, 0.1) is 12.0 Å². The van der Waals surface area contributed by atoms with E-state index in [4.69, 9.17) is 18.9 Å². The normalized spacial score (nSPS) is 23.9. The fourth-order valence-corrected chi connectivity index (χ4v) is 5.40. The number of rotatable bonds is 6. The van der Waals surface area contributed by atoms with Crippen LogP contribution >= 0.6 is 0 Å². The zero-order valence-electron chi connectivity index (χ0n) is 22.6. The van der Waals surface area contributed by atoms with Crippen molar-refractivity contribution in [2.24, 2.45) is 11.8 Å². The first kappa shape index (κ1) is 26.1. The monoisotopic (exact) mass is 516 g/mol. The van der Waals surface area contributed by atoms with E-state index in [1.807, 2.05) is 86.6 Å². The lowest BCUT2D eigenvalue weighted by Gasteiger charge is -2.50. The Labute approximate surface area is 224 Å². The van der Waals surface area contributed by atoms with Crippen molar-refractivity contribution in [2.75, 3.05) is 6.61 Å². The van der Waals surface area contributed by atoms with Gasteiger partial charge in [0.25, 0.3) is 0 Å². The van der Waals surface area contributed by atoms with E-state index in [1.165, 1.54) is 5.56 Å². The van der Waals surface area contributed by atoms with Crippen LogP contribution in [0.1, 0.15) is 58.3 Å². The molecule has 0 amide bonds. The Hall–Kier alpha value is -3.51. The van der Waals surface area contributed by atoms with Crippen LogP contribution in [0.4, 0.5) is 0 Å². The van der Waals surface area contributed by atoms with Gasteiger partial charge in [0.2, 0.25) is 0 Å². The summed E-state index contributed by atoms with van der Waals surface area (Å²) < 4.78 is 25.1. The van der Waals surface area contributed by atoms with Gasteiger partial charge in [-0.15, -0.1) is 0 Å². The average Bonchev–Trinajstić information content (AvgIpc) is 2.87. The number of fused-ring (bicyclic) bond motifs is 3. The van der Waals surface area contributed by atoms with Gasteiger partial charge in [0, 0.05) is 11.5 Å². The van der Waals surface area contributed by atoms with E-state index in [-0.39, 0.29) is 24.0 Å². The maximum Gasteiger partial charge on any atom is 0.309 e. The van der Waals surface area contributed by atoms with Crippen LogP contribution in [0, 0.1) is 11.8 Å². The van der Waals surface area contributed by atoms with E-state index >= 15 is 0 Å². The van der Waals surface area contributed by atoms with Gasteiger partial charge in [-0.1, -0.05) is 51.1 Å². The summed E-state index contributed by atoms with van der Waals surface area (Å²) in [6.45, 7) is 10.6. The number of ether oxygens (including phenoxy) is 4. The third kappa shape index (κ3) is 5.37. The van der Waals surface area contributed by atoms with Crippen molar-refractivity contribution >= 4 is 5.97 Å².